The second kappa shape index (κ2) is 8.94. The Hall–Kier alpha value is -2.96. The minimum absolute atomic E-state index is 0.0553. The molecule has 0 aliphatic heterocycles. The fourth-order valence-electron chi connectivity index (χ4n) is 2.10. The Labute approximate surface area is 149 Å². The smallest absolute Gasteiger partial charge is 0.310 e. The third-order valence-electron chi connectivity index (χ3n) is 3.52. The molecule has 1 amide bonds. The molecule has 1 N–H and O–H groups in total. The topological polar surface area (TPSA) is 64.6 Å². The van der Waals surface area contributed by atoms with E-state index in [-0.39, 0.29) is 18.7 Å². The van der Waals surface area contributed by atoms with Crippen molar-refractivity contribution in [2.45, 2.75) is 26.4 Å². The Morgan fingerprint density at radius 2 is 1.88 bits per heavy atom. The number of para-hydroxylation sites is 1. The van der Waals surface area contributed by atoms with Crippen LogP contribution in [0, 0.1) is 18.6 Å². The predicted octanol–water partition coefficient (Wildman–Crippen LogP) is 3.61. The number of rotatable bonds is 7. The van der Waals surface area contributed by atoms with Crippen LogP contribution in [0.25, 0.3) is 0 Å². The molecule has 0 saturated heterocycles. The quantitative estimate of drug-likeness (QED) is 0.763. The number of nitrogens with one attached hydrogen (secondary N) is 1. The first kappa shape index (κ1) is 19.4. The van der Waals surface area contributed by atoms with Crippen LogP contribution >= 0.6 is 0 Å². The number of esters is 1. The zero-order valence-corrected chi connectivity index (χ0v) is 14.4. The van der Waals surface area contributed by atoms with E-state index in [1.165, 1.54) is 6.92 Å². The molecule has 138 valence electrons. The number of halogens is 2. The summed E-state index contributed by atoms with van der Waals surface area (Å²) in [7, 11) is 0. The lowest BCUT2D eigenvalue weighted by molar-refractivity contribution is -0.153. The summed E-state index contributed by atoms with van der Waals surface area (Å²) in [4.78, 5) is 23.7. The Kier molecular flexibility index (Phi) is 6.66. The fraction of sp³-hybridized carbons (Fsp3) is 0.263. The standard InChI is InChI=1S/C19H19F2NO4/c1-12-5-3-4-6-17(12)25-10-9-18(23)26-13(2)19(24)22-16-11-14(20)7-8-15(16)21/h3-8,11,13H,9-10H2,1-2H3,(H,22,24). The SMILES string of the molecule is Cc1ccccc1OCCC(=O)OC(C)C(=O)Nc1cc(F)ccc1F. The van der Waals surface area contributed by atoms with Crippen molar-refractivity contribution in [3.05, 3.63) is 59.7 Å². The van der Waals surface area contributed by atoms with Crippen molar-refractivity contribution >= 4 is 17.6 Å². The van der Waals surface area contributed by atoms with E-state index in [0.717, 1.165) is 23.8 Å². The van der Waals surface area contributed by atoms with Crippen molar-refractivity contribution in [1.82, 2.24) is 0 Å². The average Bonchev–Trinajstić information content (AvgIpc) is 2.59. The minimum atomic E-state index is -1.16. The van der Waals surface area contributed by atoms with Gasteiger partial charge >= 0.3 is 5.97 Å². The van der Waals surface area contributed by atoms with E-state index in [0.29, 0.717) is 5.75 Å². The van der Waals surface area contributed by atoms with Gasteiger partial charge in [-0.15, -0.1) is 0 Å². The number of benzene rings is 2. The Morgan fingerprint density at radius 3 is 2.62 bits per heavy atom. The van der Waals surface area contributed by atoms with Gasteiger partial charge in [0.15, 0.2) is 6.10 Å². The first-order valence-corrected chi connectivity index (χ1v) is 8.00. The zero-order valence-electron chi connectivity index (χ0n) is 14.4. The van der Waals surface area contributed by atoms with Crippen LogP contribution in [0.5, 0.6) is 5.75 Å². The van der Waals surface area contributed by atoms with Crippen LogP contribution < -0.4 is 10.1 Å². The van der Waals surface area contributed by atoms with E-state index in [2.05, 4.69) is 5.32 Å². The molecule has 0 spiro atoms. The van der Waals surface area contributed by atoms with Gasteiger partial charge in [0.1, 0.15) is 17.4 Å². The van der Waals surface area contributed by atoms with Crippen LogP contribution in [0.2, 0.25) is 0 Å². The first-order valence-electron chi connectivity index (χ1n) is 8.00. The van der Waals surface area contributed by atoms with Gasteiger partial charge in [-0.1, -0.05) is 18.2 Å². The van der Waals surface area contributed by atoms with Crippen molar-refractivity contribution in [3.63, 3.8) is 0 Å². The normalized spacial score (nSPS) is 11.5. The van der Waals surface area contributed by atoms with Crippen molar-refractivity contribution in [1.29, 1.82) is 0 Å². The number of ether oxygens (including phenoxy) is 2. The molecule has 26 heavy (non-hydrogen) atoms. The molecule has 0 aliphatic carbocycles. The van der Waals surface area contributed by atoms with Gasteiger partial charge in [0.25, 0.3) is 5.91 Å². The second-order valence-corrected chi connectivity index (χ2v) is 5.61. The number of hydrogen-bond acceptors (Lipinski definition) is 4. The van der Waals surface area contributed by atoms with Crippen molar-refractivity contribution in [2.75, 3.05) is 11.9 Å². The fourth-order valence-corrected chi connectivity index (χ4v) is 2.10. The monoisotopic (exact) mass is 363 g/mol. The summed E-state index contributed by atoms with van der Waals surface area (Å²) in [5.74, 6) is -2.22. The van der Waals surface area contributed by atoms with E-state index >= 15 is 0 Å². The van der Waals surface area contributed by atoms with Crippen molar-refractivity contribution in [3.8, 4) is 5.75 Å². The van der Waals surface area contributed by atoms with Gasteiger partial charge in [0.05, 0.1) is 18.7 Å². The molecule has 2 aromatic rings. The summed E-state index contributed by atoms with van der Waals surface area (Å²) < 4.78 is 37.1. The molecule has 0 saturated carbocycles. The molecule has 0 heterocycles. The molecule has 2 aromatic carbocycles. The second-order valence-electron chi connectivity index (χ2n) is 5.61. The van der Waals surface area contributed by atoms with Crippen molar-refractivity contribution < 1.29 is 27.8 Å². The maximum Gasteiger partial charge on any atom is 0.310 e. The van der Waals surface area contributed by atoms with Crippen molar-refractivity contribution in [2.24, 2.45) is 0 Å². The van der Waals surface area contributed by atoms with Crippen LogP contribution in [0.1, 0.15) is 18.9 Å². The largest absolute Gasteiger partial charge is 0.493 e. The highest BCUT2D eigenvalue weighted by Gasteiger charge is 2.19. The zero-order chi connectivity index (χ0) is 19.1. The van der Waals surface area contributed by atoms with Gasteiger partial charge < -0.3 is 14.8 Å². The summed E-state index contributed by atoms with van der Waals surface area (Å²) in [5.41, 5.74) is 0.617. The molecule has 2 rings (SSSR count). The first-order chi connectivity index (χ1) is 12.4. The number of anilines is 1. The minimum Gasteiger partial charge on any atom is -0.493 e. The maximum absolute atomic E-state index is 13.5. The lowest BCUT2D eigenvalue weighted by Gasteiger charge is -2.14. The summed E-state index contributed by atoms with van der Waals surface area (Å²) in [6.45, 7) is 3.31. The number of hydrogen-bond donors (Lipinski definition) is 1. The molecular weight excluding hydrogens is 344 g/mol. The van der Waals surface area contributed by atoms with E-state index in [4.69, 9.17) is 9.47 Å². The molecular formula is C19H19F2NO4. The predicted molar refractivity (Wildman–Crippen MR) is 91.8 cm³/mol. The molecule has 1 unspecified atom stereocenters. The molecule has 0 radical (unpaired) electrons. The Morgan fingerprint density at radius 1 is 1.15 bits per heavy atom. The highest BCUT2D eigenvalue weighted by atomic mass is 19.1. The summed E-state index contributed by atoms with van der Waals surface area (Å²) in [6.07, 6.45) is -1.22. The number of carbonyl (C=O) groups excluding carboxylic acids is 2. The van der Waals surface area contributed by atoms with Crippen LogP contribution in [0.15, 0.2) is 42.5 Å². The van der Waals surface area contributed by atoms with Gasteiger partial charge in [-0.3, -0.25) is 9.59 Å². The molecule has 7 heteroatoms. The molecule has 1 atom stereocenters. The average molecular weight is 363 g/mol. The number of aryl methyl sites for hydroxylation is 1. The van der Waals surface area contributed by atoms with Gasteiger partial charge in [0, 0.05) is 6.07 Å². The van der Waals surface area contributed by atoms with Crippen LogP contribution in [0.4, 0.5) is 14.5 Å². The van der Waals surface area contributed by atoms with E-state index in [1.807, 2.05) is 25.1 Å². The van der Waals surface area contributed by atoms with Gasteiger partial charge in [0.2, 0.25) is 0 Å². The van der Waals surface area contributed by atoms with Crippen LogP contribution in [0.3, 0.4) is 0 Å². The summed E-state index contributed by atoms with van der Waals surface area (Å²) >= 11 is 0. The lowest BCUT2D eigenvalue weighted by atomic mass is 10.2. The number of carbonyl (C=O) groups is 2. The van der Waals surface area contributed by atoms with E-state index in [1.54, 1.807) is 6.07 Å². The van der Waals surface area contributed by atoms with Crippen LogP contribution in [-0.2, 0) is 14.3 Å². The molecule has 0 bridgehead atoms. The lowest BCUT2D eigenvalue weighted by Crippen LogP contribution is -2.30. The molecule has 0 aromatic heterocycles. The highest BCUT2D eigenvalue weighted by Crippen LogP contribution is 2.17. The van der Waals surface area contributed by atoms with Gasteiger partial charge in [-0.25, -0.2) is 8.78 Å². The highest BCUT2D eigenvalue weighted by molar-refractivity contribution is 5.95. The third kappa shape index (κ3) is 5.54. The molecule has 0 fully saturated rings. The third-order valence-corrected chi connectivity index (χ3v) is 3.52. The number of amides is 1. The summed E-state index contributed by atoms with van der Waals surface area (Å²) in [6, 6.07) is 10.0. The van der Waals surface area contributed by atoms with E-state index < -0.39 is 29.6 Å². The van der Waals surface area contributed by atoms with Gasteiger partial charge in [-0.2, -0.15) is 0 Å². The Bertz CT molecular complexity index is 795. The molecule has 5 nitrogen and oxygen atoms in total. The maximum atomic E-state index is 13.5. The Balaban J connectivity index is 1.79. The van der Waals surface area contributed by atoms with Gasteiger partial charge in [-0.05, 0) is 37.6 Å². The summed E-state index contributed by atoms with van der Waals surface area (Å²) in [5, 5.41) is 2.18. The van der Waals surface area contributed by atoms with E-state index in [9.17, 15) is 18.4 Å². The van der Waals surface area contributed by atoms with Crippen LogP contribution in [-0.4, -0.2) is 24.6 Å². The molecule has 0 aliphatic rings.